The molecule has 0 aliphatic heterocycles. The lowest BCUT2D eigenvalue weighted by Gasteiger charge is -1.92. The van der Waals surface area contributed by atoms with E-state index in [1.165, 1.54) is 12.2 Å². The second-order valence-electron chi connectivity index (χ2n) is 4.25. The van der Waals surface area contributed by atoms with Crippen molar-refractivity contribution in [3.8, 4) is 0 Å². The zero-order chi connectivity index (χ0) is 14.4. The average Bonchev–Trinajstić information content (AvgIpc) is 3.01. The van der Waals surface area contributed by atoms with Crippen LogP contribution in [0.25, 0.3) is 12.2 Å². The van der Waals surface area contributed by atoms with E-state index in [1.807, 2.05) is 41.7 Å². The van der Waals surface area contributed by atoms with Crippen LogP contribution in [0.15, 0.2) is 49.1 Å². The molecular weight excluding hydrogens is 252 g/mol. The molecule has 0 radical (unpaired) electrons. The quantitative estimate of drug-likeness (QED) is 0.615. The summed E-state index contributed by atoms with van der Waals surface area (Å²) in [6.07, 6.45) is 17.1. The molecule has 0 atom stereocenters. The van der Waals surface area contributed by atoms with Crippen molar-refractivity contribution in [3.05, 3.63) is 60.7 Å². The number of allylic oxidation sites excluding steroid dienone is 4. The molecule has 20 heavy (non-hydrogen) atoms. The van der Waals surface area contributed by atoms with E-state index in [2.05, 4.69) is 9.97 Å². The highest BCUT2D eigenvalue weighted by molar-refractivity contribution is 6.01. The highest BCUT2D eigenvalue weighted by Gasteiger charge is 1.94. The highest BCUT2D eigenvalue weighted by Crippen LogP contribution is 1.99. The first-order valence-corrected chi connectivity index (χ1v) is 6.18. The van der Waals surface area contributed by atoms with E-state index in [0.29, 0.717) is 0 Å². The first-order valence-electron chi connectivity index (χ1n) is 6.18. The molecule has 0 N–H and O–H groups in total. The Kier molecular flexibility index (Phi) is 4.44. The first kappa shape index (κ1) is 13.7. The fraction of sp³-hybridized carbons (Fsp3) is 0.133. The summed E-state index contributed by atoms with van der Waals surface area (Å²) in [5, 5.41) is 0. The fourth-order valence-corrected chi connectivity index (χ4v) is 1.58. The second kappa shape index (κ2) is 6.47. The molecule has 2 rings (SSSR count). The lowest BCUT2D eigenvalue weighted by atomic mass is 10.3. The molecule has 0 aliphatic carbocycles. The summed E-state index contributed by atoms with van der Waals surface area (Å²) in [5.74, 6) is 1.50. The topological polar surface area (TPSA) is 52.7 Å². The molecular formula is C15H16N4O. The number of aryl methyl sites for hydroxylation is 2. The van der Waals surface area contributed by atoms with Crippen molar-refractivity contribution in [1.29, 1.82) is 0 Å². The molecule has 0 saturated carbocycles. The Bertz CT molecular complexity index is 674. The number of carbonyl (C=O) groups is 1. The Labute approximate surface area is 117 Å². The van der Waals surface area contributed by atoms with Crippen LogP contribution < -0.4 is 0 Å². The summed E-state index contributed by atoms with van der Waals surface area (Å²) in [7, 11) is 3.79. The molecule has 0 aliphatic rings. The van der Waals surface area contributed by atoms with E-state index in [0.717, 1.165) is 11.6 Å². The Balaban J connectivity index is 1.90. The predicted molar refractivity (Wildman–Crippen MR) is 78.6 cm³/mol. The van der Waals surface area contributed by atoms with Crippen molar-refractivity contribution in [2.24, 2.45) is 14.1 Å². The number of hydrogen-bond donors (Lipinski definition) is 0. The van der Waals surface area contributed by atoms with Gasteiger partial charge in [-0.2, -0.15) is 0 Å². The van der Waals surface area contributed by atoms with Crippen LogP contribution in [-0.2, 0) is 18.9 Å². The number of rotatable bonds is 5. The molecule has 0 amide bonds. The van der Waals surface area contributed by atoms with Gasteiger partial charge in [-0.25, -0.2) is 9.97 Å². The van der Waals surface area contributed by atoms with Gasteiger partial charge in [0.25, 0.3) is 0 Å². The molecule has 2 aromatic heterocycles. The minimum absolute atomic E-state index is 0.0857. The Morgan fingerprint density at radius 2 is 1.55 bits per heavy atom. The molecule has 102 valence electrons. The third kappa shape index (κ3) is 3.65. The smallest absolute Gasteiger partial charge is 0.178 e. The van der Waals surface area contributed by atoms with Gasteiger partial charge in [0.1, 0.15) is 11.6 Å². The molecule has 0 bridgehead atoms. The average molecular weight is 268 g/mol. The van der Waals surface area contributed by atoms with E-state index in [4.69, 9.17) is 0 Å². The second-order valence-corrected chi connectivity index (χ2v) is 4.25. The van der Waals surface area contributed by atoms with Crippen LogP contribution in [0.4, 0.5) is 0 Å². The van der Waals surface area contributed by atoms with Crippen molar-refractivity contribution in [3.63, 3.8) is 0 Å². The van der Waals surface area contributed by atoms with Crippen molar-refractivity contribution < 1.29 is 4.79 Å². The normalized spacial score (nSPS) is 12.1. The fourth-order valence-electron chi connectivity index (χ4n) is 1.58. The minimum atomic E-state index is -0.0857. The molecule has 5 nitrogen and oxygen atoms in total. The van der Waals surface area contributed by atoms with Crippen LogP contribution in [0.5, 0.6) is 0 Å². The van der Waals surface area contributed by atoms with Crippen LogP contribution in [0, 0.1) is 0 Å². The standard InChI is InChI=1S/C15H16N4O/c1-18-11-9-16-14(18)6-4-3-5-13(20)7-8-15-17-10-12-19(15)2/h3-12H,1-2H3/b5-3+,6-4+,8-7+. The number of aromatic nitrogens is 4. The zero-order valence-corrected chi connectivity index (χ0v) is 11.5. The number of nitrogens with zero attached hydrogens (tertiary/aromatic N) is 4. The van der Waals surface area contributed by atoms with Gasteiger partial charge in [-0.3, -0.25) is 4.79 Å². The molecule has 2 heterocycles. The van der Waals surface area contributed by atoms with Gasteiger partial charge in [-0.1, -0.05) is 12.2 Å². The summed E-state index contributed by atoms with van der Waals surface area (Å²) in [4.78, 5) is 19.9. The van der Waals surface area contributed by atoms with Gasteiger partial charge in [-0.15, -0.1) is 0 Å². The molecule has 5 heteroatoms. The monoisotopic (exact) mass is 268 g/mol. The van der Waals surface area contributed by atoms with E-state index >= 15 is 0 Å². The van der Waals surface area contributed by atoms with Crippen LogP contribution in [-0.4, -0.2) is 24.9 Å². The van der Waals surface area contributed by atoms with E-state index < -0.39 is 0 Å². The van der Waals surface area contributed by atoms with Crippen LogP contribution in [0.2, 0.25) is 0 Å². The lowest BCUT2D eigenvalue weighted by Crippen LogP contribution is -1.91. The summed E-state index contributed by atoms with van der Waals surface area (Å²) in [6.45, 7) is 0. The summed E-state index contributed by atoms with van der Waals surface area (Å²) in [6, 6.07) is 0. The number of hydrogen-bond acceptors (Lipinski definition) is 3. The van der Waals surface area contributed by atoms with Crippen molar-refractivity contribution in [1.82, 2.24) is 19.1 Å². The number of carbonyl (C=O) groups excluding carboxylic acids is 1. The van der Waals surface area contributed by atoms with E-state index in [1.54, 1.807) is 30.6 Å². The zero-order valence-electron chi connectivity index (χ0n) is 11.5. The first-order chi connectivity index (χ1) is 9.66. The highest BCUT2D eigenvalue weighted by atomic mass is 16.1. The van der Waals surface area contributed by atoms with Gasteiger partial charge in [0.05, 0.1) is 0 Å². The van der Waals surface area contributed by atoms with E-state index in [9.17, 15) is 4.79 Å². The number of ketones is 1. The Morgan fingerprint density at radius 3 is 2.10 bits per heavy atom. The maximum absolute atomic E-state index is 11.6. The Hall–Kier alpha value is -2.69. The van der Waals surface area contributed by atoms with Crippen molar-refractivity contribution >= 4 is 17.9 Å². The van der Waals surface area contributed by atoms with Crippen LogP contribution in [0.1, 0.15) is 11.6 Å². The van der Waals surface area contributed by atoms with Crippen LogP contribution in [0.3, 0.4) is 0 Å². The maximum Gasteiger partial charge on any atom is 0.178 e. The lowest BCUT2D eigenvalue weighted by molar-refractivity contribution is -0.110. The van der Waals surface area contributed by atoms with Gasteiger partial charge in [0.15, 0.2) is 5.78 Å². The minimum Gasteiger partial charge on any atom is -0.335 e. The van der Waals surface area contributed by atoms with Crippen molar-refractivity contribution in [2.75, 3.05) is 0 Å². The van der Waals surface area contributed by atoms with Gasteiger partial charge in [-0.05, 0) is 24.3 Å². The molecule has 0 aromatic carbocycles. The van der Waals surface area contributed by atoms with Gasteiger partial charge in [0, 0.05) is 38.9 Å². The molecule has 0 unspecified atom stereocenters. The third-order valence-electron chi connectivity index (χ3n) is 2.73. The summed E-state index contributed by atoms with van der Waals surface area (Å²) >= 11 is 0. The Morgan fingerprint density at radius 1 is 0.950 bits per heavy atom. The largest absolute Gasteiger partial charge is 0.335 e. The van der Waals surface area contributed by atoms with Crippen LogP contribution >= 0.6 is 0 Å². The molecule has 2 aromatic rings. The van der Waals surface area contributed by atoms with Gasteiger partial charge >= 0.3 is 0 Å². The van der Waals surface area contributed by atoms with Gasteiger partial charge in [0.2, 0.25) is 0 Å². The van der Waals surface area contributed by atoms with Gasteiger partial charge < -0.3 is 9.13 Å². The molecule has 0 fully saturated rings. The summed E-state index contributed by atoms with van der Waals surface area (Å²) in [5.41, 5.74) is 0. The predicted octanol–water partition coefficient (Wildman–Crippen LogP) is 2.01. The van der Waals surface area contributed by atoms with Crippen molar-refractivity contribution in [2.45, 2.75) is 0 Å². The molecule has 0 saturated heterocycles. The van der Waals surface area contributed by atoms with E-state index in [-0.39, 0.29) is 5.78 Å². The summed E-state index contributed by atoms with van der Waals surface area (Å²) < 4.78 is 3.74. The molecule has 0 spiro atoms. The SMILES string of the molecule is Cn1ccnc1/C=C/C=C/C(=O)/C=C/c1nccn1C. The maximum atomic E-state index is 11.6. The number of imidazole rings is 2. The third-order valence-corrected chi connectivity index (χ3v) is 2.73.